The van der Waals surface area contributed by atoms with E-state index in [9.17, 15) is 4.79 Å². The van der Waals surface area contributed by atoms with Crippen molar-refractivity contribution in [2.45, 2.75) is 6.54 Å². The summed E-state index contributed by atoms with van der Waals surface area (Å²) >= 11 is 6.57. The maximum atomic E-state index is 13.5. The van der Waals surface area contributed by atoms with Gasteiger partial charge in [0.25, 0.3) is 5.91 Å². The molecule has 0 aliphatic heterocycles. The van der Waals surface area contributed by atoms with E-state index in [1.54, 1.807) is 10.4 Å². The standard InChI is InChI=1S/C22H14BrN3OS2/c23-16-7-9-18-20(11-16)29-22(25-18)26(12-14-4-2-1-3-5-14)21(27)15-6-8-17-19(10-15)28-13-24-17/h1-11,13H,12H2. The lowest BCUT2D eigenvalue weighted by atomic mass is 10.1. The first-order valence-electron chi connectivity index (χ1n) is 8.92. The first-order chi connectivity index (χ1) is 14.2. The molecule has 0 aliphatic rings. The Morgan fingerprint density at radius 2 is 1.79 bits per heavy atom. The Labute approximate surface area is 183 Å². The predicted octanol–water partition coefficient (Wildman–Crippen LogP) is 6.52. The minimum absolute atomic E-state index is 0.0673. The van der Waals surface area contributed by atoms with E-state index >= 15 is 0 Å². The molecule has 7 heteroatoms. The van der Waals surface area contributed by atoms with Crippen molar-refractivity contribution in [2.75, 3.05) is 4.90 Å². The molecule has 0 fully saturated rings. The summed E-state index contributed by atoms with van der Waals surface area (Å²) in [5, 5.41) is 0.691. The van der Waals surface area contributed by atoms with Gasteiger partial charge in [-0.3, -0.25) is 9.69 Å². The molecule has 2 heterocycles. The molecular formula is C22H14BrN3OS2. The third kappa shape index (κ3) is 3.69. The number of benzene rings is 3. The fourth-order valence-corrected chi connectivity index (χ4v) is 5.37. The molecule has 0 atom stereocenters. The largest absolute Gasteiger partial charge is 0.279 e. The van der Waals surface area contributed by atoms with Gasteiger partial charge >= 0.3 is 0 Å². The summed E-state index contributed by atoms with van der Waals surface area (Å²) in [5.41, 5.74) is 5.28. The molecule has 5 aromatic rings. The van der Waals surface area contributed by atoms with E-state index in [0.717, 1.165) is 30.5 Å². The van der Waals surface area contributed by atoms with Crippen LogP contribution in [0.25, 0.3) is 20.4 Å². The number of hydrogen-bond donors (Lipinski definition) is 0. The molecule has 0 radical (unpaired) electrons. The van der Waals surface area contributed by atoms with E-state index in [1.165, 1.54) is 22.7 Å². The average Bonchev–Trinajstić information content (AvgIpc) is 3.38. The highest BCUT2D eigenvalue weighted by Gasteiger charge is 2.22. The molecule has 29 heavy (non-hydrogen) atoms. The molecule has 2 aromatic heterocycles. The highest BCUT2D eigenvalue weighted by Crippen LogP contribution is 2.33. The maximum absolute atomic E-state index is 13.5. The van der Waals surface area contributed by atoms with Crippen LogP contribution in [0.1, 0.15) is 15.9 Å². The molecule has 3 aromatic carbocycles. The monoisotopic (exact) mass is 479 g/mol. The van der Waals surface area contributed by atoms with Crippen molar-refractivity contribution in [3.63, 3.8) is 0 Å². The number of halogens is 1. The second kappa shape index (κ2) is 7.67. The van der Waals surface area contributed by atoms with E-state index in [0.29, 0.717) is 17.2 Å². The van der Waals surface area contributed by atoms with Gasteiger partial charge in [-0.2, -0.15) is 0 Å². The lowest BCUT2D eigenvalue weighted by Crippen LogP contribution is -2.30. The number of fused-ring (bicyclic) bond motifs is 2. The number of aromatic nitrogens is 2. The highest BCUT2D eigenvalue weighted by atomic mass is 79.9. The van der Waals surface area contributed by atoms with E-state index in [1.807, 2.05) is 66.7 Å². The van der Waals surface area contributed by atoms with Crippen LogP contribution in [-0.4, -0.2) is 15.9 Å². The van der Waals surface area contributed by atoms with Crippen molar-refractivity contribution in [2.24, 2.45) is 0 Å². The summed E-state index contributed by atoms with van der Waals surface area (Å²) in [7, 11) is 0. The van der Waals surface area contributed by atoms with E-state index in [4.69, 9.17) is 4.98 Å². The number of hydrogen-bond acceptors (Lipinski definition) is 5. The van der Waals surface area contributed by atoms with E-state index in [2.05, 4.69) is 20.9 Å². The Morgan fingerprint density at radius 3 is 2.66 bits per heavy atom. The van der Waals surface area contributed by atoms with Crippen LogP contribution in [0.5, 0.6) is 0 Å². The van der Waals surface area contributed by atoms with Crippen molar-refractivity contribution >= 4 is 70.1 Å². The number of rotatable bonds is 4. The smallest absolute Gasteiger partial charge is 0.260 e. The zero-order chi connectivity index (χ0) is 19.8. The molecule has 0 spiro atoms. The summed E-state index contributed by atoms with van der Waals surface area (Å²) in [6.45, 7) is 0.460. The van der Waals surface area contributed by atoms with E-state index in [-0.39, 0.29) is 5.91 Å². The molecule has 0 N–H and O–H groups in total. The maximum Gasteiger partial charge on any atom is 0.260 e. The van der Waals surface area contributed by atoms with Gasteiger partial charge in [0.05, 0.1) is 32.5 Å². The van der Waals surface area contributed by atoms with Crippen molar-refractivity contribution in [1.29, 1.82) is 0 Å². The number of anilines is 1. The molecule has 142 valence electrons. The molecule has 0 aliphatic carbocycles. The van der Waals surface area contributed by atoms with Gasteiger partial charge in [0, 0.05) is 10.0 Å². The van der Waals surface area contributed by atoms with Crippen molar-refractivity contribution in [3.05, 3.63) is 87.8 Å². The Kier molecular flexibility index (Phi) is 4.87. The SMILES string of the molecule is O=C(c1ccc2ncsc2c1)N(Cc1ccccc1)c1nc2ccc(Br)cc2s1. The second-order valence-corrected chi connectivity index (χ2v) is 9.33. The normalized spacial score (nSPS) is 11.2. The Balaban J connectivity index is 1.59. The van der Waals surface area contributed by atoms with Gasteiger partial charge in [-0.15, -0.1) is 11.3 Å². The van der Waals surface area contributed by atoms with Gasteiger partial charge in [-0.1, -0.05) is 57.6 Å². The molecule has 0 saturated heterocycles. The minimum atomic E-state index is -0.0673. The number of carbonyl (C=O) groups is 1. The van der Waals surface area contributed by atoms with Crippen LogP contribution in [-0.2, 0) is 6.54 Å². The molecule has 1 amide bonds. The van der Waals surface area contributed by atoms with Crippen LogP contribution in [0.3, 0.4) is 0 Å². The third-order valence-electron chi connectivity index (χ3n) is 4.58. The van der Waals surface area contributed by atoms with Crippen LogP contribution in [0, 0.1) is 0 Å². The first-order valence-corrected chi connectivity index (χ1v) is 11.4. The van der Waals surface area contributed by atoms with Crippen LogP contribution in [0.15, 0.2) is 76.7 Å². The van der Waals surface area contributed by atoms with Gasteiger partial charge in [0.1, 0.15) is 0 Å². The van der Waals surface area contributed by atoms with Crippen LogP contribution in [0.2, 0.25) is 0 Å². The van der Waals surface area contributed by atoms with Crippen molar-refractivity contribution in [1.82, 2.24) is 9.97 Å². The van der Waals surface area contributed by atoms with Crippen LogP contribution < -0.4 is 4.90 Å². The average molecular weight is 480 g/mol. The lowest BCUT2D eigenvalue weighted by molar-refractivity contribution is 0.0985. The first kappa shape index (κ1) is 18.4. The van der Waals surface area contributed by atoms with Crippen LogP contribution >= 0.6 is 38.6 Å². The van der Waals surface area contributed by atoms with Gasteiger partial charge in [0.15, 0.2) is 5.13 Å². The summed E-state index contributed by atoms with van der Waals surface area (Å²) in [5.74, 6) is -0.0673. The predicted molar refractivity (Wildman–Crippen MR) is 124 cm³/mol. The van der Waals surface area contributed by atoms with Gasteiger partial charge in [-0.25, -0.2) is 9.97 Å². The highest BCUT2D eigenvalue weighted by molar-refractivity contribution is 9.10. The minimum Gasteiger partial charge on any atom is -0.279 e. The fourth-order valence-electron chi connectivity index (χ4n) is 3.14. The molecule has 5 rings (SSSR count). The zero-order valence-electron chi connectivity index (χ0n) is 15.1. The van der Waals surface area contributed by atoms with Gasteiger partial charge < -0.3 is 0 Å². The summed E-state index contributed by atoms with van der Waals surface area (Å²) in [6, 6.07) is 21.6. The molecular weight excluding hydrogens is 466 g/mol. The quantitative estimate of drug-likeness (QED) is 0.294. The third-order valence-corrected chi connectivity index (χ3v) is 6.90. The van der Waals surface area contributed by atoms with Crippen LogP contribution in [0.4, 0.5) is 5.13 Å². The number of carbonyl (C=O) groups excluding carboxylic acids is 1. The fraction of sp³-hybridized carbons (Fsp3) is 0.0455. The van der Waals surface area contributed by atoms with Crippen molar-refractivity contribution in [3.8, 4) is 0 Å². The number of nitrogens with zero attached hydrogens (tertiary/aromatic N) is 3. The van der Waals surface area contributed by atoms with Crippen molar-refractivity contribution < 1.29 is 4.79 Å². The Morgan fingerprint density at radius 1 is 0.966 bits per heavy atom. The lowest BCUT2D eigenvalue weighted by Gasteiger charge is -2.20. The topological polar surface area (TPSA) is 46.1 Å². The Bertz CT molecular complexity index is 1330. The Hall–Kier alpha value is -2.61. The zero-order valence-corrected chi connectivity index (χ0v) is 18.3. The molecule has 0 saturated carbocycles. The molecule has 0 unspecified atom stereocenters. The van der Waals surface area contributed by atoms with Gasteiger partial charge in [-0.05, 0) is 42.0 Å². The van der Waals surface area contributed by atoms with Gasteiger partial charge in [0.2, 0.25) is 0 Å². The second-order valence-electron chi connectivity index (χ2n) is 6.52. The molecule has 0 bridgehead atoms. The summed E-state index contributed by atoms with van der Waals surface area (Å²) in [4.78, 5) is 24.3. The summed E-state index contributed by atoms with van der Waals surface area (Å²) in [6.07, 6.45) is 0. The number of thiazole rings is 2. The summed E-state index contributed by atoms with van der Waals surface area (Å²) < 4.78 is 3.04. The van der Waals surface area contributed by atoms with E-state index < -0.39 is 0 Å². The molecule has 4 nitrogen and oxygen atoms in total. The number of amides is 1.